The number of aromatic amines is 1. The van der Waals surface area contributed by atoms with Gasteiger partial charge >= 0.3 is 5.97 Å². The number of amides is 1. The number of methoxy groups -OCH3 is 1. The Labute approximate surface area is 146 Å². The lowest BCUT2D eigenvalue weighted by Crippen LogP contribution is -2.46. The SMILES string of the molecule is COC(=O)c1ccc2[nH]nc(C(=O)NC3CCN(C(C)C)CC3)c2c1. The number of nitrogens with zero attached hydrogens (tertiary/aromatic N) is 2. The van der Waals surface area contributed by atoms with E-state index in [-0.39, 0.29) is 11.9 Å². The molecule has 1 aromatic heterocycles. The third kappa shape index (κ3) is 3.66. The molecule has 0 atom stereocenters. The Morgan fingerprint density at radius 2 is 2.04 bits per heavy atom. The zero-order valence-electron chi connectivity index (χ0n) is 14.8. The van der Waals surface area contributed by atoms with Crippen molar-refractivity contribution in [2.45, 2.75) is 38.8 Å². The number of carbonyl (C=O) groups is 2. The van der Waals surface area contributed by atoms with Gasteiger partial charge in [-0.25, -0.2) is 4.79 Å². The standard InChI is InChI=1S/C18H24N4O3/c1-11(2)22-8-6-13(7-9-22)19-17(23)16-14-10-12(18(24)25-3)4-5-15(14)20-21-16/h4-5,10-11,13H,6-9H2,1-3H3,(H,19,23)(H,20,21). The van der Waals surface area contributed by atoms with E-state index in [4.69, 9.17) is 4.74 Å². The Kier molecular flexibility index (Phi) is 5.03. The van der Waals surface area contributed by atoms with Crippen LogP contribution in [-0.4, -0.2) is 59.3 Å². The molecule has 2 heterocycles. The number of ether oxygens (including phenoxy) is 1. The smallest absolute Gasteiger partial charge is 0.337 e. The largest absolute Gasteiger partial charge is 0.465 e. The lowest BCUT2D eigenvalue weighted by Gasteiger charge is -2.34. The fraction of sp³-hybridized carbons (Fsp3) is 0.500. The number of nitrogens with one attached hydrogen (secondary N) is 2. The van der Waals surface area contributed by atoms with Gasteiger partial charge in [0.2, 0.25) is 0 Å². The molecule has 1 amide bonds. The van der Waals surface area contributed by atoms with E-state index in [0.717, 1.165) is 25.9 Å². The maximum atomic E-state index is 12.6. The summed E-state index contributed by atoms with van der Waals surface area (Å²) in [6.45, 7) is 6.34. The highest BCUT2D eigenvalue weighted by atomic mass is 16.5. The van der Waals surface area contributed by atoms with E-state index < -0.39 is 5.97 Å². The lowest BCUT2D eigenvalue weighted by molar-refractivity contribution is 0.0600. The minimum absolute atomic E-state index is 0.151. The van der Waals surface area contributed by atoms with Crippen LogP contribution in [0.1, 0.15) is 47.5 Å². The van der Waals surface area contributed by atoms with Gasteiger partial charge in [-0.15, -0.1) is 0 Å². The fourth-order valence-corrected chi connectivity index (χ4v) is 3.25. The van der Waals surface area contributed by atoms with Gasteiger partial charge in [0.25, 0.3) is 5.91 Å². The molecule has 3 rings (SSSR count). The third-order valence-corrected chi connectivity index (χ3v) is 4.79. The summed E-state index contributed by atoms with van der Waals surface area (Å²) in [4.78, 5) is 26.7. The highest BCUT2D eigenvalue weighted by Crippen LogP contribution is 2.19. The molecule has 0 aliphatic carbocycles. The van der Waals surface area contributed by atoms with Crippen molar-refractivity contribution in [2.75, 3.05) is 20.2 Å². The van der Waals surface area contributed by atoms with Crippen molar-refractivity contribution in [3.05, 3.63) is 29.5 Å². The van der Waals surface area contributed by atoms with Crippen molar-refractivity contribution in [2.24, 2.45) is 0 Å². The molecule has 0 unspecified atom stereocenters. The molecule has 0 bridgehead atoms. The van der Waals surface area contributed by atoms with Gasteiger partial charge in [0, 0.05) is 30.6 Å². The fourth-order valence-electron chi connectivity index (χ4n) is 3.25. The summed E-state index contributed by atoms with van der Waals surface area (Å²) >= 11 is 0. The number of carbonyl (C=O) groups excluding carboxylic acids is 2. The van der Waals surface area contributed by atoms with Crippen LogP contribution in [0.4, 0.5) is 0 Å². The van der Waals surface area contributed by atoms with Crippen molar-refractivity contribution in [3.8, 4) is 0 Å². The van der Waals surface area contributed by atoms with Gasteiger partial charge in [-0.3, -0.25) is 9.89 Å². The van der Waals surface area contributed by atoms with Gasteiger partial charge in [0.15, 0.2) is 5.69 Å². The predicted octanol–water partition coefficient (Wildman–Crippen LogP) is 1.95. The molecule has 1 aromatic carbocycles. The molecule has 1 aliphatic rings. The number of hydrogen-bond acceptors (Lipinski definition) is 5. The van der Waals surface area contributed by atoms with Crippen LogP contribution in [-0.2, 0) is 4.74 Å². The number of likely N-dealkylation sites (tertiary alicyclic amines) is 1. The molecule has 0 spiro atoms. The number of rotatable bonds is 4. The van der Waals surface area contributed by atoms with Crippen LogP contribution in [0.5, 0.6) is 0 Å². The molecule has 1 fully saturated rings. The second-order valence-corrected chi connectivity index (χ2v) is 6.70. The van der Waals surface area contributed by atoms with E-state index in [2.05, 4.69) is 34.3 Å². The first kappa shape index (κ1) is 17.4. The first-order valence-corrected chi connectivity index (χ1v) is 8.61. The molecule has 2 aromatic rings. The molecule has 0 saturated carbocycles. The zero-order valence-corrected chi connectivity index (χ0v) is 14.8. The third-order valence-electron chi connectivity index (χ3n) is 4.79. The van der Waals surface area contributed by atoms with E-state index in [9.17, 15) is 9.59 Å². The summed E-state index contributed by atoms with van der Waals surface area (Å²) in [5, 5.41) is 10.7. The van der Waals surface area contributed by atoms with Crippen LogP contribution >= 0.6 is 0 Å². The van der Waals surface area contributed by atoms with Gasteiger partial charge in [0.05, 0.1) is 18.2 Å². The summed E-state index contributed by atoms with van der Waals surface area (Å²) in [6, 6.07) is 5.70. The maximum absolute atomic E-state index is 12.6. The summed E-state index contributed by atoms with van der Waals surface area (Å²) in [5.41, 5.74) is 1.43. The van der Waals surface area contributed by atoms with Crippen molar-refractivity contribution < 1.29 is 14.3 Å². The number of benzene rings is 1. The molecule has 25 heavy (non-hydrogen) atoms. The summed E-state index contributed by atoms with van der Waals surface area (Å²) in [6.07, 6.45) is 1.86. The minimum atomic E-state index is -0.435. The number of hydrogen-bond donors (Lipinski definition) is 2. The van der Waals surface area contributed by atoms with Crippen LogP contribution in [0.15, 0.2) is 18.2 Å². The van der Waals surface area contributed by atoms with E-state index in [1.54, 1.807) is 18.2 Å². The van der Waals surface area contributed by atoms with Crippen LogP contribution < -0.4 is 5.32 Å². The minimum Gasteiger partial charge on any atom is -0.465 e. The second kappa shape index (κ2) is 7.23. The van der Waals surface area contributed by atoms with Crippen LogP contribution in [0.3, 0.4) is 0 Å². The molecule has 0 radical (unpaired) electrons. The molecular weight excluding hydrogens is 320 g/mol. The number of fused-ring (bicyclic) bond motifs is 1. The molecule has 2 N–H and O–H groups in total. The zero-order chi connectivity index (χ0) is 18.0. The normalized spacial score (nSPS) is 16.3. The van der Waals surface area contributed by atoms with E-state index >= 15 is 0 Å². The molecule has 7 heteroatoms. The highest BCUT2D eigenvalue weighted by molar-refractivity contribution is 6.06. The van der Waals surface area contributed by atoms with Crippen molar-refractivity contribution >= 4 is 22.8 Å². The topological polar surface area (TPSA) is 87.3 Å². The Bertz CT molecular complexity index is 776. The van der Waals surface area contributed by atoms with E-state index in [0.29, 0.717) is 28.2 Å². The van der Waals surface area contributed by atoms with E-state index in [1.165, 1.54) is 7.11 Å². The number of H-pyrrole nitrogens is 1. The van der Waals surface area contributed by atoms with Crippen molar-refractivity contribution in [1.29, 1.82) is 0 Å². The first-order valence-electron chi connectivity index (χ1n) is 8.61. The van der Waals surface area contributed by atoms with Crippen molar-refractivity contribution in [1.82, 2.24) is 20.4 Å². The monoisotopic (exact) mass is 344 g/mol. The predicted molar refractivity (Wildman–Crippen MR) is 94.6 cm³/mol. The molecular formula is C18H24N4O3. The molecule has 7 nitrogen and oxygen atoms in total. The Morgan fingerprint density at radius 3 is 2.68 bits per heavy atom. The second-order valence-electron chi connectivity index (χ2n) is 6.70. The van der Waals surface area contributed by atoms with Crippen LogP contribution in [0, 0.1) is 0 Å². The van der Waals surface area contributed by atoms with Crippen molar-refractivity contribution in [3.63, 3.8) is 0 Å². The Hall–Kier alpha value is -2.41. The average Bonchev–Trinajstić information content (AvgIpc) is 3.04. The highest BCUT2D eigenvalue weighted by Gasteiger charge is 2.24. The van der Waals surface area contributed by atoms with Gasteiger partial charge in [-0.05, 0) is 44.9 Å². The van der Waals surface area contributed by atoms with Crippen LogP contribution in [0.2, 0.25) is 0 Å². The van der Waals surface area contributed by atoms with Gasteiger partial charge in [-0.2, -0.15) is 5.10 Å². The summed E-state index contributed by atoms with van der Waals surface area (Å²) < 4.78 is 4.74. The average molecular weight is 344 g/mol. The number of aromatic nitrogens is 2. The maximum Gasteiger partial charge on any atom is 0.337 e. The van der Waals surface area contributed by atoms with Gasteiger partial charge < -0.3 is 15.0 Å². The summed E-state index contributed by atoms with van der Waals surface area (Å²) in [7, 11) is 1.33. The van der Waals surface area contributed by atoms with E-state index in [1.807, 2.05) is 0 Å². The summed E-state index contributed by atoms with van der Waals surface area (Å²) in [5.74, 6) is -0.647. The van der Waals surface area contributed by atoms with Crippen LogP contribution in [0.25, 0.3) is 10.9 Å². The number of piperidine rings is 1. The van der Waals surface area contributed by atoms with Gasteiger partial charge in [0.1, 0.15) is 0 Å². The molecule has 1 saturated heterocycles. The number of esters is 1. The lowest BCUT2D eigenvalue weighted by atomic mass is 10.0. The first-order chi connectivity index (χ1) is 12.0. The Morgan fingerprint density at radius 1 is 1.32 bits per heavy atom. The quantitative estimate of drug-likeness (QED) is 0.828. The van der Waals surface area contributed by atoms with Gasteiger partial charge in [-0.1, -0.05) is 0 Å². The molecule has 1 aliphatic heterocycles. The Balaban J connectivity index is 1.73. The molecule has 134 valence electrons.